The van der Waals surface area contributed by atoms with Crippen LogP contribution in [0.5, 0.6) is 5.75 Å². The summed E-state index contributed by atoms with van der Waals surface area (Å²) in [6.45, 7) is 9.26. The minimum absolute atomic E-state index is 0.00999. The number of ether oxygens (including phenoxy) is 1. The second kappa shape index (κ2) is 13.4. The number of halogens is 3. The predicted octanol–water partition coefficient (Wildman–Crippen LogP) is 5.98. The van der Waals surface area contributed by atoms with E-state index in [0.717, 1.165) is 48.0 Å². The Morgan fingerprint density at radius 2 is 1.78 bits per heavy atom. The Hall–Kier alpha value is -4.32. The lowest BCUT2D eigenvalue weighted by Crippen LogP contribution is -2.49. The molecule has 0 aromatic heterocycles. The van der Waals surface area contributed by atoms with E-state index in [4.69, 9.17) is 4.74 Å². The molecule has 3 aliphatic rings. The van der Waals surface area contributed by atoms with Crippen molar-refractivity contribution < 1.29 is 35.9 Å². The van der Waals surface area contributed by atoms with Gasteiger partial charge in [0.2, 0.25) is 5.91 Å². The number of fused-ring (bicyclic) bond motifs is 3. The van der Waals surface area contributed by atoms with Crippen molar-refractivity contribution in [2.45, 2.75) is 68.9 Å². The standard InChI is InChI=1S/C38H42F3N3O5S/c1-5-36(46)44-23-37(2,3)49-34-20-28(8-11-33(34)44)43-14-12-38(13-15-43)21-25(29-9-7-26(39)19-30(29)38)18-35(45)42-27(22-50(4,47)48)16-24-6-10-31(40)32(41)17-24/h5-11,17,19-20,25,27H,1,12-16,18,21-23H2,2-4H3,(H,42,45)/t25-,27-/m1/s1. The van der Waals surface area contributed by atoms with Crippen LogP contribution in [0.3, 0.4) is 0 Å². The number of benzene rings is 3. The Bertz CT molecular complexity index is 1940. The van der Waals surface area contributed by atoms with Gasteiger partial charge >= 0.3 is 0 Å². The zero-order chi connectivity index (χ0) is 36.0. The summed E-state index contributed by atoms with van der Waals surface area (Å²) in [6, 6.07) is 13.1. The number of sulfone groups is 1. The van der Waals surface area contributed by atoms with E-state index in [-0.39, 0.29) is 47.6 Å². The highest BCUT2D eigenvalue weighted by atomic mass is 32.2. The molecule has 2 amide bonds. The summed E-state index contributed by atoms with van der Waals surface area (Å²) in [5.74, 6) is -2.92. The molecule has 2 atom stereocenters. The highest BCUT2D eigenvalue weighted by molar-refractivity contribution is 7.90. The first-order valence-corrected chi connectivity index (χ1v) is 18.8. The fourth-order valence-corrected chi connectivity index (χ4v) is 8.90. The number of anilines is 2. The van der Waals surface area contributed by atoms with Crippen LogP contribution in [0.1, 0.15) is 62.1 Å². The molecule has 50 heavy (non-hydrogen) atoms. The van der Waals surface area contributed by atoms with Crippen molar-refractivity contribution in [2.24, 2.45) is 0 Å². The Morgan fingerprint density at radius 3 is 2.46 bits per heavy atom. The number of hydrogen-bond donors (Lipinski definition) is 1. The van der Waals surface area contributed by atoms with Crippen LogP contribution in [0, 0.1) is 17.5 Å². The molecule has 1 N–H and O–H groups in total. The third-order valence-electron chi connectivity index (χ3n) is 10.1. The number of nitrogens with one attached hydrogen (secondary N) is 1. The van der Waals surface area contributed by atoms with Crippen LogP contribution in [-0.2, 0) is 31.3 Å². The summed E-state index contributed by atoms with van der Waals surface area (Å²) in [6.07, 6.45) is 4.51. The van der Waals surface area contributed by atoms with Crippen molar-refractivity contribution in [3.05, 3.63) is 101 Å². The van der Waals surface area contributed by atoms with Gasteiger partial charge in [0.1, 0.15) is 27.0 Å². The average Bonchev–Trinajstić information content (AvgIpc) is 3.31. The zero-order valence-corrected chi connectivity index (χ0v) is 29.3. The molecule has 0 radical (unpaired) electrons. The number of amides is 2. The maximum atomic E-state index is 14.7. The first kappa shape index (κ1) is 35.5. The van der Waals surface area contributed by atoms with Gasteiger partial charge in [0.25, 0.3) is 5.91 Å². The number of piperidine rings is 1. The fraction of sp³-hybridized carbons (Fsp3) is 0.421. The van der Waals surface area contributed by atoms with Crippen LogP contribution in [0.2, 0.25) is 0 Å². The van der Waals surface area contributed by atoms with Crippen LogP contribution in [0.4, 0.5) is 24.5 Å². The van der Waals surface area contributed by atoms with Crippen molar-refractivity contribution in [1.29, 1.82) is 0 Å². The molecule has 3 aromatic rings. The summed E-state index contributed by atoms with van der Waals surface area (Å²) >= 11 is 0. The van der Waals surface area contributed by atoms with Gasteiger partial charge in [0, 0.05) is 43.6 Å². The lowest BCUT2D eigenvalue weighted by molar-refractivity contribution is -0.122. The second-order valence-corrected chi connectivity index (χ2v) is 16.7. The molecular formula is C38H42F3N3O5S. The van der Waals surface area contributed by atoms with E-state index in [9.17, 15) is 31.2 Å². The van der Waals surface area contributed by atoms with E-state index < -0.39 is 33.1 Å². The first-order valence-electron chi connectivity index (χ1n) is 16.8. The summed E-state index contributed by atoms with van der Waals surface area (Å²) in [5, 5.41) is 2.83. The summed E-state index contributed by atoms with van der Waals surface area (Å²) in [7, 11) is -3.52. The largest absolute Gasteiger partial charge is 0.484 e. The van der Waals surface area contributed by atoms with E-state index in [0.29, 0.717) is 43.1 Å². The van der Waals surface area contributed by atoms with Gasteiger partial charge in [-0.3, -0.25) is 9.59 Å². The Morgan fingerprint density at radius 1 is 1.04 bits per heavy atom. The van der Waals surface area contributed by atoms with Gasteiger partial charge < -0.3 is 19.9 Å². The molecular weight excluding hydrogens is 667 g/mol. The van der Waals surface area contributed by atoms with Crippen molar-refractivity contribution >= 4 is 33.0 Å². The van der Waals surface area contributed by atoms with Gasteiger partial charge in [-0.15, -0.1) is 0 Å². The van der Waals surface area contributed by atoms with Crippen LogP contribution in [-0.4, -0.2) is 63.5 Å². The second-order valence-electron chi connectivity index (χ2n) is 14.6. The lowest BCUT2D eigenvalue weighted by atomic mass is 9.73. The van der Waals surface area contributed by atoms with Gasteiger partial charge in [-0.05, 0) is 110 Å². The summed E-state index contributed by atoms with van der Waals surface area (Å²) in [4.78, 5) is 30.0. The van der Waals surface area contributed by atoms with E-state index in [1.54, 1.807) is 17.0 Å². The molecule has 2 heterocycles. The minimum Gasteiger partial charge on any atom is -0.484 e. The molecule has 3 aromatic carbocycles. The number of carbonyl (C=O) groups excluding carboxylic acids is 2. The first-order chi connectivity index (χ1) is 23.5. The Kier molecular flexibility index (Phi) is 9.53. The minimum atomic E-state index is -3.52. The molecule has 1 spiro atoms. The molecule has 1 aliphatic carbocycles. The topological polar surface area (TPSA) is 96.0 Å². The van der Waals surface area contributed by atoms with Gasteiger partial charge in [0.15, 0.2) is 11.6 Å². The number of rotatable bonds is 9. The summed E-state index contributed by atoms with van der Waals surface area (Å²) < 4.78 is 72.8. The van der Waals surface area contributed by atoms with Crippen molar-refractivity contribution in [2.75, 3.05) is 41.4 Å². The van der Waals surface area contributed by atoms with E-state index in [2.05, 4.69) is 16.8 Å². The zero-order valence-electron chi connectivity index (χ0n) is 28.5. The highest BCUT2D eigenvalue weighted by Gasteiger charge is 2.46. The van der Waals surface area contributed by atoms with Crippen molar-refractivity contribution in [3.8, 4) is 5.75 Å². The maximum Gasteiger partial charge on any atom is 0.250 e. The fourth-order valence-electron chi connectivity index (χ4n) is 7.97. The van der Waals surface area contributed by atoms with Gasteiger partial charge in [-0.2, -0.15) is 0 Å². The molecule has 6 rings (SSSR count). The third kappa shape index (κ3) is 7.55. The Balaban J connectivity index is 1.17. The number of carbonyl (C=O) groups is 2. The average molecular weight is 710 g/mol. The quantitative estimate of drug-likeness (QED) is 0.275. The van der Waals surface area contributed by atoms with E-state index in [1.165, 1.54) is 18.2 Å². The van der Waals surface area contributed by atoms with Gasteiger partial charge in [-0.1, -0.05) is 18.7 Å². The number of nitrogens with zero attached hydrogens (tertiary/aromatic N) is 2. The van der Waals surface area contributed by atoms with Crippen LogP contribution in [0.15, 0.2) is 67.3 Å². The maximum absolute atomic E-state index is 14.7. The molecule has 8 nitrogen and oxygen atoms in total. The molecule has 1 saturated heterocycles. The van der Waals surface area contributed by atoms with Crippen molar-refractivity contribution in [3.63, 3.8) is 0 Å². The molecule has 0 saturated carbocycles. The SMILES string of the molecule is C=CC(=O)N1CC(C)(C)Oc2cc(N3CCC4(CC3)C[C@@H](CC(=O)N[C@H](Cc3ccc(F)c(F)c3)CS(C)(=O)=O)c3ccc(F)cc34)ccc21. The summed E-state index contributed by atoms with van der Waals surface area (Å²) in [5.41, 5.74) is 2.88. The molecule has 0 bridgehead atoms. The lowest BCUT2D eigenvalue weighted by Gasteiger charge is -2.43. The van der Waals surface area contributed by atoms with Crippen molar-refractivity contribution in [1.82, 2.24) is 5.32 Å². The molecule has 12 heteroatoms. The van der Waals surface area contributed by atoms with Crippen LogP contribution >= 0.6 is 0 Å². The molecule has 266 valence electrons. The molecule has 1 fully saturated rings. The van der Waals surface area contributed by atoms with Crippen LogP contribution in [0.25, 0.3) is 0 Å². The normalized spacial score (nSPS) is 19.7. The van der Waals surface area contributed by atoms with E-state index in [1.807, 2.05) is 32.0 Å². The molecule has 2 aliphatic heterocycles. The predicted molar refractivity (Wildman–Crippen MR) is 187 cm³/mol. The number of hydrogen-bond acceptors (Lipinski definition) is 6. The smallest absolute Gasteiger partial charge is 0.250 e. The Labute approximate surface area is 291 Å². The third-order valence-corrected chi connectivity index (χ3v) is 11.1. The van der Waals surface area contributed by atoms with E-state index >= 15 is 0 Å². The molecule has 0 unspecified atom stereocenters. The van der Waals surface area contributed by atoms with Gasteiger partial charge in [0.05, 0.1) is 18.0 Å². The highest BCUT2D eigenvalue weighted by Crippen LogP contribution is 2.53. The monoisotopic (exact) mass is 709 g/mol. The van der Waals surface area contributed by atoms with Crippen LogP contribution < -0.4 is 19.9 Å². The van der Waals surface area contributed by atoms with Gasteiger partial charge in [-0.25, -0.2) is 21.6 Å².